The molecular weight excluding hydrogens is 353 g/mol. The van der Waals surface area contributed by atoms with E-state index in [1.807, 2.05) is 5.32 Å². The second-order valence-corrected chi connectivity index (χ2v) is 6.37. The highest BCUT2D eigenvalue weighted by Gasteiger charge is 2.41. The molecule has 0 aromatic carbocycles. The first kappa shape index (κ1) is 19.9. The van der Waals surface area contributed by atoms with Gasteiger partial charge in [-0.3, -0.25) is 10.1 Å². The fourth-order valence-electron chi connectivity index (χ4n) is 1.40. The molecule has 0 fully saturated rings. The number of thiazole rings is 1. The number of carbonyl (C=O) groups excluding carboxylic acids is 3. The van der Waals surface area contributed by atoms with E-state index < -0.39 is 45.3 Å². The summed E-state index contributed by atoms with van der Waals surface area (Å²) in [6.45, 7) is 5.90. The molecule has 1 aromatic rings. The maximum Gasteiger partial charge on any atom is 0.427 e. The quantitative estimate of drug-likeness (QED) is 0.498. The Morgan fingerprint density at radius 1 is 1.21 bits per heavy atom. The smallest absolute Gasteiger partial charge is 0.427 e. The van der Waals surface area contributed by atoms with Crippen LogP contribution in [0.4, 0.5) is 23.1 Å². The van der Waals surface area contributed by atoms with Crippen LogP contribution in [-0.2, 0) is 20.4 Å². The normalized spacial score (nSPS) is 11.8. The second-order valence-electron chi connectivity index (χ2n) is 5.37. The molecule has 0 bridgehead atoms. The lowest BCUT2D eigenvalue weighted by molar-refractivity contribution is -0.138. The number of halogens is 3. The average Bonchev–Trinajstić information content (AvgIpc) is 2.79. The van der Waals surface area contributed by atoms with Gasteiger partial charge in [0.15, 0.2) is 5.13 Å². The van der Waals surface area contributed by atoms with Gasteiger partial charge in [0.2, 0.25) is 0 Å². The molecule has 0 aliphatic rings. The second kappa shape index (κ2) is 7.16. The Bertz CT molecular complexity index is 649. The molecule has 24 heavy (non-hydrogen) atoms. The van der Waals surface area contributed by atoms with Gasteiger partial charge in [0.25, 0.3) is 5.78 Å². The highest BCUT2D eigenvalue weighted by Crippen LogP contribution is 2.38. The average molecular weight is 368 g/mol. The molecule has 0 spiro atoms. The topological polar surface area (TPSA) is 94.6 Å². The first-order valence-electron chi connectivity index (χ1n) is 6.64. The van der Waals surface area contributed by atoms with Crippen molar-refractivity contribution in [2.24, 2.45) is 0 Å². The molecule has 134 valence electrons. The van der Waals surface area contributed by atoms with Crippen molar-refractivity contribution in [2.75, 3.05) is 11.9 Å². The van der Waals surface area contributed by atoms with Crippen molar-refractivity contribution >= 4 is 34.3 Å². The predicted molar refractivity (Wildman–Crippen MR) is 77.9 cm³/mol. The molecule has 0 saturated heterocycles. The zero-order valence-electron chi connectivity index (χ0n) is 13.2. The van der Waals surface area contributed by atoms with Crippen molar-refractivity contribution in [1.29, 1.82) is 0 Å². The number of rotatable bonds is 4. The Morgan fingerprint density at radius 3 is 2.25 bits per heavy atom. The van der Waals surface area contributed by atoms with Crippen molar-refractivity contribution in [3.8, 4) is 0 Å². The van der Waals surface area contributed by atoms with E-state index in [9.17, 15) is 27.6 Å². The monoisotopic (exact) mass is 368 g/mol. The van der Waals surface area contributed by atoms with Crippen LogP contribution in [0.15, 0.2) is 0 Å². The van der Waals surface area contributed by atoms with Gasteiger partial charge in [0.05, 0.1) is 6.61 Å². The summed E-state index contributed by atoms with van der Waals surface area (Å²) in [4.78, 5) is 36.7. The molecular formula is C13H15F3N2O5S. The fourth-order valence-corrected chi connectivity index (χ4v) is 2.22. The molecule has 0 aliphatic heterocycles. The zero-order chi connectivity index (χ0) is 18.7. The van der Waals surface area contributed by atoms with Crippen molar-refractivity contribution in [2.45, 2.75) is 39.5 Å². The highest BCUT2D eigenvalue weighted by atomic mass is 32.1. The summed E-state index contributed by atoms with van der Waals surface area (Å²) in [6.07, 6.45) is -5.97. The molecule has 7 nitrogen and oxygen atoms in total. The fraction of sp³-hybridized carbons (Fsp3) is 0.538. The SMILES string of the molecule is CCOC(=O)C(=O)c1nc(NC(=O)OC(C)(C)C)sc1C(F)(F)F. The molecule has 1 amide bonds. The number of alkyl halides is 3. The Kier molecular flexibility index (Phi) is 5.93. The predicted octanol–water partition coefficient (Wildman–Crippen LogP) is 3.25. The van der Waals surface area contributed by atoms with Gasteiger partial charge < -0.3 is 9.47 Å². The molecule has 1 heterocycles. The van der Waals surface area contributed by atoms with E-state index in [1.165, 1.54) is 6.92 Å². The van der Waals surface area contributed by atoms with E-state index in [1.54, 1.807) is 20.8 Å². The lowest BCUT2D eigenvalue weighted by Crippen LogP contribution is -2.27. The number of nitrogens with zero attached hydrogens (tertiary/aromatic N) is 1. The number of nitrogens with one attached hydrogen (secondary N) is 1. The van der Waals surface area contributed by atoms with E-state index >= 15 is 0 Å². The minimum absolute atomic E-state index is 0.00793. The zero-order valence-corrected chi connectivity index (χ0v) is 14.1. The maximum absolute atomic E-state index is 13.0. The number of anilines is 1. The van der Waals surface area contributed by atoms with Gasteiger partial charge in [-0.05, 0) is 27.7 Å². The summed E-state index contributed by atoms with van der Waals surface area (Å²) >= 11 is 0.00793. The number of ether oxygens (including phenoxy) is 2. The molecule has 1 rings (SSSR count). The summed E-state index contributed by atoms with van der Waals surface area (Å²) < 4.78 is 48.3. The van der Waals surface area contributed by atoms with Gasteiger partial charge in [-0.2, -0.15) is 13.2 Å². The summed E-state index contributed by atoms with van der Waals surface area (Å²) in [7, 11) is 0. The summed E-state index contributed by atoms with van der Waals surface area (Å²) in [5, 5.41) is 1.48. The van der Waals surface area contributed by atoms with E-state index in [-0.39, 0.29) is 17.9 Å². The van der Waals surface area contributed by atoms with Gasteiger partial charge in [-0.25, -0.2) is 14.6 Å². The van der Waals surface area contributed by atoms with Crippen molar-refractivity contribution in [1.82, 2.24) is 4.98 Å². The summed E-state index contributed by atoms with van der Waals surface area (Å²) in [6, 6.07) is 0. The molecule has 0 saturated carbocycles. The third-order valence-corrected chi connectivity index (χ3v) is 3.18. The van der Waals surface area contributed by atoms with Gasteiger partial charge in [-0.1, -0.05) is 11.3 Å². The van der Waals surface area contributed by atoms with E-state index in [2.05, 4.69) is 9.72 Å². The number of hydrogen-bond donors (Lipinski definition) is 1. The van der Waals surface area contributed by atoms with Gasteiger partial charge in [0, 0.05) is 0 Å². The van der Waals surface area contributed by atoms with Crippen LogP contribution in [-0.4, -0.2) is 35.0 Å². The molecule has 0 unspecified atom stereocenters. The lowest BCUT2D eigenvalue weighted by Gasteiger charge is -2.18. The first-order chi connectivity index (χ1) is 10.8. The van der Waals surface area contributed by atoms with Gasteiger partial charge >= 0.3 is 18.2 Å². The van der Waals surface area contributed by atoms with E-state index in [0.717, 1.165) is 0 Å². The number of aromatic nitrogens is 1. The maximum atomic E-state index is 13.0. The Hall–Kier alpha value is -2.17. The van der Waals surface area contributed by atoms with Crippen LogP contribution in [0, 0.1) is 0 Å². The Morgan fingerprint density at radius 2 is 1.79 bits per heavy atom. The number of amides is 1. The highest BCUT2D eigenvalue weighted by molar-refractivity contribution is 7.16. The molecule has 11 heteroatoms. The number of Topliss-reactive ketones (excluding diaryl/α,β-unsaturated/α-hetero) is 1. The Balaban J connectivity index is 3.12. The third-order valence-electron chi connectivity index (χ3n) is 2.17. The Labute approximate surface area is 139 Å². The van der Waals surface area contributed by atoms with Crippen LogP contribution in [0.2, 0.25) is 0 Å². The number of carbonyl (C=O) groups is 3. The molecule has 0 aliphatic carbocycles. The first-order valence-corrected chi connectivity index (χ1v) is 7.46. The van der Waals surface area contributed by atoms with Crippen LogP contribution >= 0.6 is 11.3 Å². The van der Waals surface area contributed by atoms with Crippen LogP contribution in [0.1, 0.15) is 43.1 Å². The van der Waals surface area contributed by atoms with E-state index in [0.29, 0.717) is 0 Å². The van der Waals surface area contributed by atoms with Crippen LogP contribution in [0.3, 0.4) is 0 Å². The summed E-state index contributed by atoms with van der Waals surface area (Å²) in [5.41, 5.74) is -2.00. The van der Waals surface area contributed by atoms with Crippen molar-refractivity contribution in [3.63, 3.8) is 0 Å². The van der Waals surface area contributed by atoms with Crippen LogP contribution in [0.5, 0.6) is 0 Å². The minimum atomic E-state index is -4.93. The number of esters is 1. The van der Waals surface area contributed by atoms with Crippen molar-refractivity contribution in [3.05, 3.63) is 10.6 Å². The number of ketones is 1. The van der Waals surface area contributed by atoms with Crippen molar-refractivity contribution < 1.29 is 37.0 Å². The minimum Gasteiger partial charge on any atom is -0.460 e. The largest absolute Gasteiger partial charge is 0.460 e. The molecule has 0 atom stereocenters. The molecule has 0 radical (unpaired) electrons. The lowest BCUT2D eigenvalue weighted by atomic mass is 10.2. The van der Waals surface area contributed by atoms with Gasteiger partial charge in [-0.15, -0.1) is 0 Å². The van der Waals surface area contributed by atoms with Gasteiger partial charge in [0.1, 0.15) is 16.2 Å². The molecule has 1 N–H and O–H groups in total. The standard InChI is InChI=1S/C13H15F3N2O5S/c1-5-22-9(20)7(19)6-8(13(14,15)16)24-10(17-6)18-11(21)23-12(2,3)4/h5H2,1-4H3,(H,17,18,21). The van der Waals surface area contributed by atoms with E-state index in [4.69, 9.17) is 4.74 Å². The molecule has 1 aromatic heterocycles. The third kappa shape index (κ3) is 5.48. The summed E-state index contributed by atoms with van der Waals surface area (Å²) in [5.74, 6) is -3.00. The number of hydrogen-bond acceptors (Lipinski definition) is 7. The van der Waals surface area contributed by atoms with Crippen LogP contribution < -0.4 is 5.32 Å². The van der Waals surface area contributed by atoms with Crippen LogP contribution in [0.25, 0.3) is 0 Å².